The number of hydrogen-bond acceptors (Lipinski definition) is 6. The van der Waals surface area contributed by atoms with Crippen LogP contribution in [0.1, 0.15) is 5.89 Å². The Morgan fingerprint density at radius 2 is 2.33 bits per heavy atom. The van der Waals surface area contributed by atoms with Gasteiger partial charge in [-0.2, -0.15) is 10.1 Å². The van der Waals surface area contributed by atoms with Gasteiger partial charge in [0.25, 0.3) is 0 Å². The maximum Gasteiger partial charge on any atom is 0.248 e. The van der Waals surface area contributed by atoms with Crippen molar-refractivity contribution in [1.29, 1.82) is 0 Å². The number of imidazole rings is 1. The molecule has 2 N–H and O–H groups in total. The number of aryl methyl sites for hydroxylation is 1. The van der Waals surface area contributed by atoms with Crippen LogP contribution in [0.5, 0.6) is 0 Å². The first kappa shape index (κ1) is 10.5. The molecular weight excluding hydrogens is 234 g/mol. The van der Waals surface area contributed by atoms with Crippen molar-refractivity contribution in [2.24, 2.45) is 7.05 Å². The van der Waals surface area contributed by atoms with Crippen molar-refractivity contribution in [3.8, 4) is 11.6 Å². The Morgan fingerprint density at radius 1 is 1.44 bits per heavy atom. The van der Waals surface area contributed by atoms with E-state index in [-0.39, 0.29) is 0 Å². The van der Waals surface area contributed by atoms with Crippen molar-refractivity contribution in [1.82, 2.24) is 29.5 Å². The molecule has 0 bridgehead atoms. The zero-order valence-corrected chi connectivity index (χ0v) is 9.69. The summed E-state index contributed by atoms with van der Waals surface area (Å²) in [7, 11) is 1.87. The molecule has 8 nitrogen and oxygen atoms in total. The Morgan fingerprint density at radius 3 is 3.00 bits per heavy atom. The van der Waals surface area contributed by atoms with Crippen LogP contribution < -0.4 is 5.73 Å². The third kappa shape index (κ3) is 1.83. The van der Waals surface area contributed by atoms with Crippen molar-refractivity contribution < 1.29 is 4.52 Å². The van der Waals surface area contributed by atoms with Gasteiger partial charge < -0.3 is 14.8 Å². The van der Waals surface area contributed by atoms with E-state index in [4.69, 9.17) is 10.3 Å². The van der Waals surface area contributed by atoms with Gasteiger partial charge in [0.1, 0.15) is 6.54 Å². The molecule has 0 spiro atoms. The summed E-state index contributed by atoms with van der Waals surface area (Å²) < 4.78 is 8.59. The van der Waals surface area contributed by atoms with E-state index < -0.39 is 0 Å². The van der Waals surface area contributed by atoms with Crippen molar-refractivity contribution in [3.05, 3.63) is 30.7 Å². The van der Waals surface area contributed by atoms with Crippen LogP contribution in [0.2, 0.25) is 0 Å². The lowest BCUT2D eigenvalue weighted by Gasteiger charge is -1.94. The molecule has 0 saturated carbocycles. The maximum absolute atomic E-state index is 5.57. The van der Waals surface area contributed by atoms with E-state index in [9.17, 15) is 0 Å². The Hall–Kier alpha value is -2.64. The molecule has 0 aliphatic heterocycles. The molecule has 8 heteroatoms. The minimum absolute atomic E-state index is 0.384. The molecule has 0 aromatic carbocycles. The second kappa shape index (κ2) is 3.99. The van der Waals surface area contributed by atoms with Gasteiger partial charge >= 0.3 is 0 Å². The van der Waals surface area contributed by atoms with Crippen LogP contribution in [0.4, 0.5) is 5.69 Å². The highest BCUT2D eigenvalue weighted by Gasteiger charge is 2.12. The molecule has 3 rings (SSSR count). The van der Waals surface area contributed by atoms with Gasteiger partial charge in [-0.15, -0.1) is 0 Å². The molecule has 3 aromatic heterocycles. The number of nitrogens with zero attached hydrogens (tertiary/aromatic N) is 6. The molecule has 0 radical (unpaired) electrons. The first-order chi connectivity index (χ1) is 8.72. The summed E-state index contributed by atoms with van der Waals surface area (Å²) in [4.78, 5) is 8.40. The second-order valence-electron chi connectivity index (χ2n) is 3.84. The van der Waals surface area contributed by atoms with Crippen LogP contribution in [0, 0.1) is 0 Å². The molecule has 3 aromatic rings. The highest BCUT2D eigenvalue weighted by atomic mass is 16.5. The smallest absolute Gasteiger partial charge is 0.248 e. The minimum atomic E-state index is 0.384. The fourth-order valence-corrected chi connectivity index (χ4v) is 1.60. The average Bonchev–Trinajstić information content (AvgIpc) is 3.02. The highest BCUT2D eigenvalue weighted by molar-refractivity contribution is 5.42. The molecule has 0 unspecified atom stereocenters. The number of anilines is 1. The van der Waals surface area contributed by atoms with Crippen molar-refractivity contribution in [3.63, 3.8) is 0 Å². The molecule has 0 amide bonds. The topological polar surface area (TPSA) is 101 Å². The number of rotatable bonds is 3. The molecule has 3 heterocycles. The van der Waals surface area contributed by atoms with Crippen LogP contribution in [-0.2, 0) is 13.6 Å². The summed E-state index contributed by atoms with van der Waals surface area (Å²) in [6, 6.07) is 0. The molecular formula is C10H11N7O. The maximum atomic E-state index is 5.57. The fraction of sp³-hybridized carbons (Fsp3) is 0.200. The predicted octanol–water partition coefficient (Wildman–Crippen LogP) is 0.297. The predicted molar refractivity (Wildman–Crippen MR) is 62.2 cm³/mol. The standard InChI is InChI=1S/C10H11N7O/c1-16-3-2-12-10(16)9-14-8(18-15-9)6-17-5-7(11)4-13-17/h2-5H,6,11H2,1H3. The Kier molecular flexibility index (Phi) is 2.33. The van der Waals surface area contributed by atoms with Gasteiger partial charge in [-0.1, -0.05) is 5.16 Å². The largest absolute Gasteiger partial charge is 0.396 e. The number of nitrogen functional groups attached to an aromatic ring is 1. The van der Waals surface area contributed by atoms with Crippen LogP contribution in [0.3, 0.4) is 0 Å². The van der Waals surface area contributed by atoms with Crippen molar-refractivity contribution in [2.45, 2.75) is 6.54 Å². The van der Waals surface area contributed by atoms with Gasteiger partial charge in [0.05, 0.1) is 11.9 Å². The zero-order valence-electron chi connectivity index (χ0n) is 9.69. The lowest BCUT2D eigenvalue weighted by atomic mass is 10.5. The molecule has 0 aliphatic rings. The van der Waals surface area contributed by atoms with Gasteiger partial charge in [0.15, 0.2) is 5.82 Å². The summed E-state index contributed by atoms with van der Waals surface area (Å²) in [5.41, 5.74) is 6.17. The normalized spacial score (nSPS) is 10.9. The van der Waals surface area contributed by atoms with Gasteiger partial charge in [0.2, 0.25) is 11.7 Å². The van der Waals surface area contributed by atoms with Crippen LogP contribution in [0.15, 0.2) is 29.3 Å². The summed E-state index contributed by atoms with van der Waals surface area (Å²) >= 11 is 0. The first-order valence-corrected chi connectivity index (χ1v) is 5.30. The van der Waals surface area contributed by atoms with Crippen molar-refractivity contribution in [2.75, 3.05) is 5.73 Å². The lowest BCUT2D eigenvalue weighted by Crippen LogP contribution is -2.00. The molecule has 0 fully saturated rings. The minimum Gasteiger partial charge on any atom is -0.396 e. The van der Waals surface area contributed by atoms with E-state index >= 15 is 0 Å². The summed E-state index contributed by atoms with van der Waals surface area (Å²) in [6.07, 6.45) is 6.76. The third-order valence-electron chi connectivity index (χ3n) is 2.44. The molecule has 0 saturated heterocycles. The van der Waals surface area contributed by atoms with E-state index in [1.54, 1.807) is 23.3 Å². The van der Waals surface area contributed by atoms with Gasteiger partial charge in [0, 0.05) is 25.6 Å². The van der Waals surface area contributed by atoms with Crippen LogP contribution >= 0.6 is 0 Å². The van der Waals surface area contributed by atoms with Gasteiger partial charge in [-0.05, 0) is 0 Å². The highest BCUT2D eigenvalue weighted by Crippen LogP contribution is 2.12. The third-order valence-corrected chi connectivity index (χ3v) is 2.44. The monoisotopic (exact) mass is 245 g/mol. The molecule has 18 heavy (non-hydrogen) atoms. The van der Waals surface area contributed by atoms with E-state index in [1.807, 2.05) is 17.8 Å². The zero-order chi connectivity index (χ0) is 12.5. The van der Waals surface area contributed by atoms with E-state index in [2.05, 4.69) is 20.2 Å². The quantitative estimate of drug-likeness (QED) is 0.712. The SMILES string of the molecule is Cn1ccnc1-c1noc(Cn2cc(N)cn2)n1. The Bertz CT molecular complexity index is 665. The van der Waals surface area contributed by atoms with Gasteiger partial charge in [-0.25, -0.2) is 4.98 Å². The van der Waals surface area contributed by atoms with Crippen molar-refractivity contribution >= 4 is 5.69 Å². The molecule has 92 valence electrons. The number of hydrogen-bond donors (Lipinski definition) is 1. The Balaban J connectivity index is 1.84. The van der Waals surface area contributed by atoms with Crippen LogP contribution in [-0.4, -0.2) is 29.5 Å². The summed E-state index contributed by atoms with van der Waals surface area (Å²) in [6.45, 7) is 0.384. The van der Waals surface area contributed by atoms with Crippen LogP contribution in [0.25, 0.3) is 11.6 Å². The number of nitrogens with two attached hydrogens (primary N) is 1. The lowest BCUT2D eigenvalue weighted by molar-refractivity contribution is 0.366. The molecule has 0 aliphatic carbocycles. The van der Waals surface area contributed by atoms with E-state index in [1.165, 1.54) is 0 Å². The Labute approximate surface area is 102 Å². The fourth-order valence-electron chi connectivity index (χ4n) is 1.60. The van der Waals surface area contributed by atoms with E-state index in [0.717, 1.165) is 0 Å². The number of aromatic nitrogens is 6. The van der Waals surface area contributed by atoms with E-state index in [0.29, 0.717) is 29.8 Å². The first-order valence-electron chi connectivity index (χ1n) is 5.30. The summed E-state index contributed by atoms with van der Waals surface area (Å²) in [5.74, 6) is 1.57. The second-order valence-corrected chi connectivity index (χ2v) is 3.84. The summed E-state index contributed by atoms with van der Waals surface area (Å²) in [5, 5.41) is 7.92. The van der Waals surface area contributed by atoms with Gasteiger partial charge in [-0.3, -0.25) is 4.68 Å². The molecule has 0 atom stereocenters. The average molecular weight is 245 g/mol.